The molecule has 3 aromatic rings. The van der Waals surface area contributed by atoms with Crippen molar-refractivity contribution in [2.45, 2.75) is 6.10 Å². The zero-order valence-electron chi connectivity index (χ0n) is 17.5. The molecule has 6 nitrogen and oxygen atoms in total. The SMILES string of the molecule is O=C(NCC1=C[C@@H]2Oc3ccccc3C(=O)C2=CN1c1ncc(Br)cc1Br)c1ccc(F)cc1. The molecule has 0 unspecified atom stereocenters. The van der Waals surface area contributed by atoms with Crippen LogP contribution in [-0.2, 0) is 0 Å². The number of anilines is 1. The highest BCUT2D eigenvalue weighted by atomic mass is 79.9. The van der Waals surface area contributed by atoms with Gasteiger partial charge in [-0.05, 0) is 80.4 Å². The highest BCUT2D eigenvalue weighted by Gasteiger charge is 2.35. The third-order valence-corrected chi connectivity index (χ3v) is 6.45. The van der Waals surface area contributed by atoms with Crippen molar-refractivity contribution in [3.63, 3.8) is 0 Å². The van der Waals surface area contributed by atoms with Gasteiger partial charge in [-0.15, -0.1) is 0 Å². The second-order valence-corrected chi connectivity index (χ2v) is 9.39. The molecule has 0 bridgehead atoms. The number of hydrogen-bond acceptors (Lipinski definition) is 5. The second kappa shape index (κ2) is 9.15. The van der Waals surface area contributed by atoms with Gasteiger partial charge < -0.3 is 15.0 Å². The molecular weight excluding hydrogens is 569 g/mol. The van der Waals surface area contributed by atoms with E-state index in [9.17, 15) is 14.0 Å². The number of ketones is 1. The number of nitrogens with one attached hydrogen (secondary N) is 1. The number of fused-ring (bicyclic) bond motifs is 2. The molecule has 0 aliphatic carbocycles. The van der Waals surface area contributed by atoms with Crippen LogP contribution < -0.4 is 15.0 Å². The molecule has 0 spiro atoms. The molecule has 2 aliphatic rings. The van der Waals surface area contributed by atoms with Gasteiger partial charge in [-0.1, -0.05) is 12.1 Å². The summed E-state index contributed by atoms with van der Waals surface area (Å²) in [6.07, 6.45) is 4.53. The van der Waals surface area contributed by atoms with Crippen LogP contribution in [0.5, 0.6) is 5.75 Å². The highest BCUT2D eigenvalue weighted by molar-refractivity contribution is 9.11. The second-order valence-electron chi connectivity index (χ2n) is 7.62. The van der Waals surface area contributed by atoms with Gasteiger partial charge >= 0.3 is 0 Å². The summed E-state index contributed by atoms with van der Waals surface area (Å²) in [6, 6.07) is 14.2. The molecule has 1 N–H and O–H groups in total. The molecule has 1 atom stereocenters. The van der Waals surface area contributed by atoms with Crippen molar-refractivity contribution >= 4 is 49.4 Å². The minimum atomic E-state index is -0.606. The number of aromatic nitrogens is 1. The van der Waals surface area contributed by atoms with Crippen LogP contribution in [0, 0.1) is 5.82 Å². The van der Waals surface area contributed by atoms with Gasteiger partial charge in [-0.3, -0.25) is 9.59 Å². The third-order valence-electron chi connectivity index (χ3n) is 5.43. The molecule has 0 fully saturated rings. The molecule has 0 saturated heterocycles. The van der Waals surface area contributed by atoms with Crippen LogP contribution >= 0.6 is 31.9 Å². The largest absolute Gasteiger partial charge is 0.481 e. The first-order chi connectivity index (χ1) is 16.4. The van der Waals surface area contributed by atoms with Crippen LogP contribution in [0.4, 0.5) is 10.2 Å². The fraction of sp³-hybridized carbons (Fsp3) is 0.0800. The van der Waals surface area contributed by atoms with E-state index >= 15 is 0 Å². The molecule has 0 saturated carbocycles. The van der Waals surface area contributed by atoms with Gasteiger partial charge in [0.1, 0.15) is 17.7 Å². The predicted octanol–water partition coefficient (Wildman–Crippen LogP) is 5.41. The molecule has 5 rings (SSSR count). The maximum absolute atomic E-state index is 13.2. The lowest BCUT2D eigenvalue weighted by molar-refractivity contribution is 0.0950. The maximum atomic E-state index is 13.2. The Morgan fingerprint density at radius 2 is 1.91 bits per heavy atom. The quantitative estimate of drug-likeness (QED) is 0.444. The van der Waals surface area contributed by atoms with Crippen LogP contribution in [0.2, 0.25) is 0 Å². The normalized spacial score (nSPS) is 16.6. The number of pyridine rings is 1. The minimum Gasteiger partial charge on any atom is -0.481 e. The Balaban J connectivity index is 1.49. The predicted molar refractivity (Wildman–Crippen MR) is 132 cm³/mol. The van der Waals surface area contributed by atoms with Crippen LogP contribution in [0.15, 0.2) is 93.3 Å². The van der Waals surface area contributed by atoms with Gasteiger partial charge in [-0.2, -0.15) is 0 Å². The van der Waals surface area contributed by atoms with E-state index in [0.717, 1.165) is 4.47 Å². The third kappa shape index (κ3) is 4.28. The molecular formula is C25H16Br2FN3O3. The standard InChI is InChI=1S/C25H16Br2FN3O3/c26-15-9-20(27)24(29-11-15)31-13-19-22(34-21-4-2-1-3-18(21)23(19)32)10-17(31)12-30-25(33)14-5-7-16(28)8-6-14/h1-11,13,22H,12H2,(H,30,33)/t22-/m0/s1. The van der Waals surface area contributed by atoms with E-state index in [0.29, 0.717) is 38.4 Å². The average Bonchev–Trinajstić information content (AvgIpc) is 2.83. The molecule has 2 aromatic carbocycles. The lowest BCUT2D eigenvalue weighted by atomic mass is 9.93. The van der Waals surface area contributed by atoms with E-state index in [1.54, 1.807) is 41.6 Å². The molecule has 0 radical (unpaired) electrons. The Kier molecular flexibility index (Phi) is 6.05. The number of hydrogen-bond donors (Lipinski definition) is 1. The summed E-state index contributed by atoms with van der Waals surface area (Å²) in [5, 5.41) is 2.85. The smallest absolute Gasteiger partial charge is 0.251 e. The molecule has 170 valence electrons. The van der Waals surface area contributed by atoms with Crippen LogP contribution in [0.25, 0.3) is 0 Å². The summed E-state index contributed by atoms with van der Waals surface area (Å²) in [7, 11) is 0. The summed E-state index contributed by atoms with van der Waals surface area (Å²) < 4.78 is 20.8. The van der Waals surface area contributed by atoms with E-state index in [4.69, 9.17) is 4.74 Å². The average molecular weight is 585 g/mol. The molecule has 3 heterocycles. The number of para-hydroxylation sites is 1. The van der Waals surface area contributed by atoms with Gasteiger partial charge in [0.05, 0.1) is 22.2 Å². The molecule has 9 heteroatoms. The lowest BCUT2D eigenvalue weighted by Gasteiger charge is -2.34. The highest BCUT2D eigenvalue weighted by Crippen LogP contribution is 2.37. The molecule has 1 amide bonds. The maximum Gasteiger partial charge on any atom is 0.251 e. The Hall–Kier alpha value is -3.30. The minimum absolute atomic E-state index is 0.125. The fourth-order valence-electron chi connectivity index (χ4n) is 3.77. The summed E-state index contributed by atoms with van der Waals surface area (Å²) in [4.78, 5) is 32.1. The molecule has 34 heavy (non-hydrogen) atoms. The number of nitrogens with zero attached hydrogens (tertiary/aromatic N) is 2. The summed E-state index contributed by atoms with van der Waals surface area (Å²) in [5.41, 5.74) is 1.95. The van der Waals surface area contributed by atoms with Crippen molar-refractivity contribution in [2.75, 3.05) is 11.4 Å². The van der Waals surface area contributed by atoms with Crippen molar-refractivity contribution in [3.8, 4) is 5.75 Å². The number of carbonyl (C=O) groups is 2. The van der Waals surface area contributed by atoms with E-state index < -0.39 is 11.9 Å². The van der Waals surface area contributed by atoms with Gasteiger partial charge in [0, 0.05) is 28.1 Å². The monoisotopic (exact) mass is 583 g/mol. The van der Waals surface area contributed by atoms with Gasteiger partial charge in [0.15, 0.2) is 11.6 Å². The first-order valence-electron chi connectivity index (χ1n) is 10.3. The van der Waals surface area contributed by atoms with Gasteiger partial charge in [0.2, 0.25) is 0 Å². The Morgan fingerprint density at radius 3 is 2.68 bits per heavy atom. The first-order valence-corrected chi connectivity index (χ1v) is 11.9. The first kappa shape index (κ1) is 22.5. The van der Waals surface area contributed by atoms with Gasteiger partial charge in [-0.25, -0.2) is 9.37 Å². The van der Waals surface area contributed by atoms with E-state index in [2.05, 4.69) is 42.2 Å². The van der Waals surface area contributed by atoms with E-state index in [1.807, 2.05) is 12.1 Å². The topological polar surface area (TPSA) is 71.5 Å². The van der Waals surface area contributed by atoms with Crippen molar-refractivity contribution in [2.24, 2.45) is 0 Å². The van der Waals surface area contributed by atoms with Crippen molar-refractivity contribution in [1.82, 2.24) is 10.3 Å². The number of halogens is 3. The number of carbonyl (C=O) groups excluding carboxylic acids is 2. The van der Waals surface area contributed by atoms with E-state index in [-0.39, 0.29) is 18.2 Å². The molecule has 2 aliphatic heterocycles. The van der Waals surface area contributed by atoms with E-state index in [1.165, 1.54) is 24.3 Å². The summed E-state index contributed by atoms with van der Waals surface area (Å²) in [5.74, 6) is 0.154. The number of rotatable bonds is 4. The van der Waals surface area contributed by atoms with Crippen LogP contribution in [0.1, 0.15) is 20.7 Å². The molecule has 1 aromatic heterocycles. The Labute approximate surface area is 211 Å². The van der Waals surface area contributed by atoms with Crippen molar-refractivity contribution in [3.05, 3.63) is 110 Å². The van der Waals surface area contributed by atoms with Crippen LogP contribution in [0.3, 0.4) is 0 Å². The zero-order chi connectivity index (χ0) is 23.8. The number of benzene rings is 2. The van der Waals surface area contributed by atoms with Gasteiger partial charge in [0.25, 0.3) is 5.91 Å². The number of ether oxygens (including phenoxy) is 1. The number of amides is 1. The fourth-order valence-corrected chi connectivity index (χ4v) is 4.95. The zero-order valence-corrected chi connectivity index (χ0v) is 20.6. The Bertz CT molecular complexity index is 1370. The lowest BCUT2D eigenvalue weighted by Crippen LogP contribution is -2.39. The van der Waals surface area contributed by atoms with Crippen molar-refractivity contribution in [1.29, 1.82) is 0 Å². The summed E-state index contributed by atoms with van der Waals surface area (Å²) >= 11 is 6.93. The van der Waals surface area contributed by atoms with Crippen molar-refractivity contribution < 1.29 is 18.7 Å². The Morgan fingerprint density at radius 1 is 1.15 bits per heavy atom. The summed E-state index contributed by atoms with van der Waals surface area (Å²) in [6.45, 7) is 0.125. The number of Topliss-reactive ketones (excluding diaryl/α,β-unsaturated/α-hetero) is 1. The van der Waals surface area contributed by atoms with Crippen LogP contribution in [-0.4, -0.2) is 29.3 Å².